The lowest BCUT2D eigenvalue weighted by molar-refractivity contribution is 0.0908. The average Bonchev–Trinajstić information content (AvgIpc) is 2.27. The molecule has 0 heterocycles. The first-order chi connectivity index (χ1) is 8.56. The molecule has 2 N–H and O–H groups in total. The van der Waals surface area contributed by atoms with Crippen LogP contribution in [0.1, 0.15) is 43.5 Å². The monoisotopic (exact) mass is 247 g/mol. The third-order valence-electron chi connectivity index (χ3n) is 3.66. The van der Waals surface area contributed by atoms with Gasteiger partial charge in [-0.25, -0.2) is 0 Å². The topological polar surface area (TPSA) is 49.3 Å². The van der Waals surface area contributed by atoms with Crippen LogP contribution in [0.15, 0.2) is 24.3 Å². The molecule has 0 aromatic heterocycles. The van der Waals surface area contributed by atoms with Crippen LogP contribution in [0.5, 0.6) is 5.75 Å². The van der Waals surface area contributed by atoms with Crippen LogP contribution in [-0.4, -0.2) is 17.1 Å². The van der Waals surface area contributed by atoms with Crippen molar-refractivity contribution in [3.05, 3.63) is 29.8 Å². The summed E-state index contributed by atoms with van der Waals surface area (Å²) in [6, 6.07) is 6.91. The van der Waals surface area contributed by atoms with Crippen LogP contribution in [0.2, 0.25) is 0 Å². The number of hydrogen-bond acceptors (Lipinski definition) is 2. The number of phenolic OH excluding ortho intramolecular Hbond substituents is 1. The van der Waals surface area contributed by atoms with Crippen molar-refractivity contribution >= 4 is 5.91 Å². The van der Waals surface area contributed by atoms with Gasteiger partial charge in [0.1, 0.15) is 5.75 Å². The van der Waals surface area contributed by atoms with Crippen LogP contribution in [0.25, 0.3) is 0 Å². The van der Waals surface area contributed by atoms with Crippen LogP contribution in [0.3, 0.4) is 0 Å². The summed E-state index contributed by atoms with van der Waals surface area (Å²) < 4.78 is 0. The maximum atomic E-state index is 12.1. The van der Waals surface area contributed by atoms with E-state index in [4.69, 9.17) is 0 Å². The molecule has 1 aromatic rings. The molecule has 0 spiro atoms. The molecule has 18 heavy (non-hydrogen) atoms. The quantitative estimate of drug-likeness (QED) is 0.844. The Hall–Kier alpha value is -1.51. The predicted molar refractivity (Wildman–Crippen MR) is 71.5 cm³/mol. The minimum atomic E-state index is -0.167. The zero-order valence-electron chi connectivity index (χ0n) is 11.0. The number of benzene rings is 1. The Kier molecular flexibility index (Phi) is 3.90. The van der Waals surface area contributed by atoms with Crippen LogP contribution < -0.4 is 5.32 Å². The Labute approximate surface area is 108 Å². The van der Waals surface area contributed by atoms with Crippen molar-refractivity contribution < 1.29 is 9.90 Å². The summed E-state index contributed by atoms with van der Waals surface area (Å²) in [5.41, 5.74) is 0.364. The summed E-state index contributed by atoms with van der Waals surface area (Å²) >= 11 is 0. The summed E-state index contributed by atoms with van der Waals surface area (Å²) in [5, 5.41) is 12.7. The predicted octanol–water partition coefficient (Wildman–Crippen LogP) is 2.95. The minimum Gasteiger partial charge on any atom is -0.507 e. The molecule has 3 heteroatoms. The van der Waals surface area contributed by atoms with Crippen molar-refractivity contribution in [2.75, 3.05) is 0 Å². The van der Waals surface area contributed by atoms with Crippen molar-refractivity contribution in [1.82, 2.24) is 5.32 Å². The molecule has 0 bridgehead atoms. The first-order valence-electron chi connectivity index (χ1n) is 6.65. The third-order valence-corrected chi connectivity index (χ3v) is 3.66. The van der Waals surface area contributed by atoms with E-state index in [1.165, 1.54) is 6.42 Å². The number of amides is 1. The first kappa shape index (κ1) is 12.9. The third kappa shape index (κ3) is 3.03. The van der Waals surface area contributed by atoms with Gasteiger partial charge in [-0.3, -0.25) is 4.79 Å². The van der Waals surface area contributed by atoms with E-state index in [1.54, 1.807) is 24.3 Å². The zero-order chi connectivity index (χ0) is 13.1. The normalized spacial score (nSPS) is 27.8. The van der Waals surface area contributed by atoms with Crippen LogP contribution >= 0.6 is 0 Å². The number of hydrogen-bond donors (Lipinski definition) is 2. The lowest BCUT2D eigenvalue weighted by Crippen LogP contribution is -2.40. The van der Waals surface area contributed by atoms with E-state index in [2.05, 4.69) is 19.2 Å². The van der Waals surface area contributed by atoms with Gasteiger partial charge in [0.15, 0.2) is 0 Å². The van der Waals surface area contributed by atoms with Gasteiger partial charge < -0.3 is 10.4 Å². The number of nitrogens with one attached hydrogen (secondary N) is 1. The highest BCUT2D eigenvalue weighted by atomic mass is 16.3. The fourth-order valence-electron chi connectivity index (χ4n) is 2.99. The van der Waals surface area contributed by atoms with E-state index < -0.39 is 0 Å². The molecular weight excluding hydrogens is 226 g/mol. The Balaban J connectivity index is 2.01. The Morgan fingerprint density at radius 3 is 2.39 bits per heavy atom. The maximum Gasteiger partial charge on any atom is 0.255 e. The van der Waals surface area contributed by atoms with Crippen molar-refractivity contribution in [3.8, 4) is 5.75 Å². The highest BCUT2D eigenvalue weighted by Crippen LogP contribution is 2.29. The summed E-state index contributed by atoms with van der Waals surface area (Å²) in [7, 11) is 0. The first-order valence-corrected chi connectivity index (χ1v) is 6.65. The summed E-state index contributed by atoms with van der Waals surface area (Å²) in [6.45, 7) is 4.46. The molecular formula is C15H21NO2. The molecule has 1 fully saturated rings. The second-order valence-corrected chi connectivity index (χ2v) is 5.60. The van der Waals surface area contributed by atoms with Gasteiger partial charge in [0, 0.05) is 6.04 Å². The van der Waals surface area contributed by atoms with Crippen molar-refractivity contribution in [2.24, 2.45) is 11.8 Å². The highest BCUT2D eigenvalue weighted by molar-refractivity contribution is 5.96. The molecule has 0 radical (unpaired) electrons. The number of rotatable bonds is 2. The van der Waals surface area contributed by atoms with Gasteiger partial charge in [0.2, 0.25) is 0 Å². The molecule has 1 aromatic carbocycles. The molecule has 2 rings (SSSR count). The number of phenols is 1. The van der Waals surface area contributed by atoms with E-state index in [0.717, 1.165) is 12.8 Å². The number of aromatic hydroxyl groups is 1. The average molecular weight is 247 g/mol. The molecule has 1 aliphatic rings. The Morgan fingerprint density at radius 2 is 1.78 bits per heavy atom. The van der Waals surface area contributed by atoms with Crippen molar-refractivity contribution in [3.63, 3.8) is 0 Å². The smallest absolute Gasteiger partial charge is 0.255 e. The van der Waals surface area contributed by atoms with E-state index in [9.17, 15) is 9.90 Å². The second-order valence-electron chi connectivity index (χ2n) is 5.60. The molecule has 1 saturated carbocycles. The van der Waals surface area contributed by atoms with Gasteiger partial charge in [0.05, 0.1) is 5.56 Å². The molecule has 2 unspecified atom stereocenters. The summed E-state index contributed by atoms with van der Waals surface area (Å²) in [5.74, 6) is 1.19. The highest BCUT2D eigenvalue weighted by Gasteiger charge is 2.25. The fourth-order valence-corrected chi connectivity index (χ4v) is 2.99. The molecule has 1 aliphatic carbocycles. The summed E-state index contributed by atoms with van der Waals surface area (Å²) in [6.07, 6.45) is 3.30. The van der Waals surface area contributed by atoms with Crippen molar-refractivity contribution in [1.29, 1.82) is 0 Å². The molecule has 2 atom stereocenters. The van der Waals surface area contributed by atoms with Crippen LogP contribution in [-0.2, 0) is 0 Å². The minimum absolute atomic E-state index is 0.0481. The number of carbonyl (C=O) groups is 1. The van der Waals surface area contributed by atoms with Gasteiger partial charge >= 0.3 is 0 Å². The van der Waals surface area contributed by atoms with Gasteiger partial charge in [-0.15, -0.1) is 0 Å². The zero-order valence-corrected chi connectivity index (χ0v) is 11.0. The number of carbonyl (C=O) groups excluding carboxylic acids is 1. The van der Waals surface area contributed by atoms with Crippen LogP contribution in [0, 0.1) is 11.8 Å². The van der Waals surface area contributed by atoms with Gasteiger partial charge in [-0.05, 0) is 43.2 Å². The fraction of sp³-hybridized carbons (Fsp3) is 0.533. The van der Waals surface area contributed by atoms with E-state index in [-0.39, 0.29) is 17.7 Å². The maximum absolute atomic E-state index is 12.1. The standard InChI is InChI=1S/C15H21NO2/c1-10-7-11(2)9-12(8-10)16-15(18)13-5-3-4-6-14(13)17/h3-6,10-12,17H,7-9H2,1-2H3,(H,16,18). The molecule has 3 nitrogen and oxygen atoms in total. The second kappa shape index (κ2) is 5.42. The Bertz CT molecular complexity index is 420. The lowest BCUT2D eigenvalue weighted by Gasteiger charge is -2.32. The van der Waals surface area contributed by atoms with E-state index in [0.29, 0.717) is 17.4 Å². The molecule has 0 saturated heterocycles. The summed E-state index contributed by atoms with van der Waals surface area (Å²) in [4.78, 5) is 12.1. The van der Waals surface area contributed by atoms with Gasteiger partial charge in [-0.2, -0.15) is 0 Å². The van der Waals surface area contributed by atoms with Gasteiger partial charge in [-0.1, -0.05) is 26.0 Å². The Morgan fingerprint density at radius 1 is 1.17 bits per heavy atom. The number of para-hydroxylation sites is 1. The van der Waals surface area contributed by atoms with E-state index in [1.807, 2.05) is 0 Å². The molecule has 0 aliphatic heterocycles. The SMILES string of the molecule is CC1CC(C)CC(NC(=O)c2ccccc2O)C1. The van der Waals surface area contributed by atoms with Crippen LogP contribution in [0.4, 0.5) is 0 Å². The van der Waals surface area contributed by atoms with Gasteiger partial charge in [0.25, 0.3) is 5.91 Å². The largest absolute Gasteiger partial charge is 0.507 e. The van der Waals surface area contributed by atoms with Crippen molar-refractivity contribution in [2.45, 2.75) is 39.2 Å². The van der Waals surface area contributed by atoms with E-state index >= 15 is 0 Å². The lowest BCUT2D eigenvalue weighted by atomic mass is 9.80. The molecule has 98 valence electrons. The molecule has 1 amide bonds.